The van der Waals surface area contributed by atoms with Crippen molar-refractivity contribution < 1.29 is 17.9 Å². The first-order valence-electron chi connectivity index (χ1n) is 6.67. The second-order valence-corrected chi connectivity index (χ2v) is 7.21. The van der Waals surface area contributed by atoms with Crippen molar-refractivity contribution in [2.75, 3.05) is 13.2 Å². The lowest BCUT2D eigenvalue weighted by Crippen LogP contribution is -2.18. The maximum absolute atomic E-state index is 12.7. The van der Waals surface area contributed by atoms with Gasteiger partial charge < -0.3 is 9.47 Å². The van der Waals surface area contributed by atoms with Gasteiger partial charge in [0.05, 0.1) is 11.5 Å². The molecule has 1 heterocycles. The van der Waals surface area contributed by atoms with E-state index in [-0.39, 0.29) is 15.4 Å². The van der Waals surface area contributed by atoms with Gasteiger partial charge in [-0.15, -0.1) is 0 Å². The van der Waals surface area contributed by atoms with E-state index in [2.05, 4.69) is 0 Å². The molecule has 2 aromatic carbocycles. The number of hydrogen-bond donors (Lipinski definition) is 0. The fraction of sp³-hybridized carbons (Fsp3) is 0.250. The minimum Gasteiger partial charge on any atom is -0.489 e. The lowest BCUT2D eigenvalue weighted by Gasteiger charge is -2.13. The van der Waals surface area contributed by atoms with E-state index in [4.69, 9.17) is 9.47 Å². The van der Waals surface area contributed by atoms with Crippen molar-refractivity contribution in [1.82, 2.24) is 0 Å². The van der Waals surface area contributed by atoms with E-state index in [1.807, 2.05) is 6.92 Å². The number of ether oxygens (including phenoxy) is 2. The van der Waals surface area contributed by atoms with E-state index < -0.39 is 9.84 Å². The zero-order valence-corrected chi connectivity index (χ0v) is 12.5. The summed E-state index contributed by atoms with van der Waals surface area (Å²) in [7, 11) is -3.58. The molecule has 0 bridgehead atoms. The van der Waals surface area contributed by atoms with Crippen LogP contribution in [0.15, 0.2) is 64.4 Å². The molecule has 0 aliphatic carbocycles. The van der Waals surface area contributed by atoms with E-state index in [1.165, 1.54) is 0 Å². The lowest BCUT2D eigenvalue weighted by atomic mass is 10.2. The summed E-state index contributed by atoms with van der Waals surface area (Å²) in [6.45, 7) is 2.91. The molecular formula is C16H16O4S. The Kier molecular flexibility index (Phi) is 3.47. The van der Waals surface area contributed by atoms with Crippen LogP contribution in [0.25, 0.3) is 0 Å². The Labute approximate surface area is 124 Å². The highest BCUT2D eigenvalue weighted by atomic mass is 32.2. The highest BCUT2D eigenvalue weighted by Gasteiger charge is 2.40. The summed E-state index contributed by atoms with van der Waals surface area (Å²) in [6, 6.07) is 15.0. The molecule has 0 aromatic heterocycles. The molecule has 3 rings (SSSR count). The fourth-order valence-electron chi connectivity index (χ4n) is 1.95. The number of benzene rings is 2. The Balaban J connectivity index is 1.94. The van der Waals surface area contributed by atoms with E-state index in [9.17, 15) is 8.42 Å². The van der Waals surface area contributed by atoms with Crippen molar-refractivity contribution in [1.29, 1.82) is 0 Å². The van der Waals surface area contributed by atoms with Gasteiger partial charge >= 0.3 is 0 Å². The number of epoxide rings is 1. The zero-order valence-electron chi connectivity index (χ0n) is 11.7. The van der Waals surface area contributed by atoms with Crippen LogP contribution in [0.2, 0.25) is 0 Å². The molecule has 1 atom stereocenters. The first-order chi connectivity index (χ1) is 10.0. The predicted octanol–water partition coefficient (Wildman–Crippen LogP) is 2.69. The molecule has 0 spiro atoms. The first-order valence-corrected chi connectivity index (χ1v) is 8.16. The maximum atomic E-state index is 12.7. The third-order valence-corrected chi connectivity index (χ3v) is 5.17. The van der Waals surface area contributed by atoms with Crippen LogP contribution < -0.4 is 4.74 Å². The van der Waals surface area contributed by atoms with Crippen molar-refractivity contribution in [3.8, 4) is 5.75 Å². The average Bonchev–Trinajstić information content (AvgIpc) is 3.25. The van der Waals surface area contributed by atoms with Gasteiger partial charge in [-0.25, -0.2) is 8.42 Å². The van der Waals surface area contributed by atoms with Crippen molar-refractivity contribution >= 4 is 9.84 Å². The van der Waals surface area contributed by atoms with Crippen molar-refractivity contribution in [2.45, 2.75) is 22.3 Å². The largest absolute Gasteiger partial charge is 0.489 e. The molecule has 1 saturated heterocycles. The van der Waals surface area contributed by atoms with E-state index in [0.717, 1.165) is 0 Å². The van der Waals surface area contributed by atoms with Gasteiger partial charge in [-0.2, -0.15) is 0 Å². The van der Waals surface area contributed by atoms with Gasteiger partial charge in [0.2, 0.25) is 9.84 Å². The Morgan fingerprint density at radius 3 is 2.38 bits per heavy atom. The van der Waals surface area contributed by atoms with Crippen molar-refractivity contribution in [3.63, 3.8) is 0 Å². The van der Waals surface area contributed by atoms with E-state index in [1.54, 1.807) is 54.6 Å². The Hall–Kier alpha value is -1.85. The molecule has 1 unspecified atom stereocenters. The molecule has 0 amide bonds. The van der Waals surface area contributed by atoms with Crippen LogP contribution in [0.1, 0.15) is 6.92 Å². The maximum Gasteiger partial charge on any atom is 0.210 e. The van der Waals surface area contributed by atoms with E-state index >= 15 is 0 Å². The molecule has 0 radical (unpaired) electrons. The minimum absolute atomic E-state index is 0.181. The summed E-state index contributed by atoms with van der Waals surface area (Å²) in [4.78, 5) is 0.440. The summed E-state index contributed by atoms with van der Waals surface area (Å²) in [6.07, 6.45) is 0. The van der Waals surface area contributed by atoms with Crippen LogP contribution in [0.5, 0.6) is 5.75 Å². The zero-order chi connectivity index (χ0) is 14.9. The topological polar surface area (TPSA) is 55.9 Å². The Bertz CT molecular complexity index is 734. The molecule has 4 nitrogen and oxygen atoms in total. The van der Waals surface area contributed by atoms with Crippen molar-refractivity contribution in [3.05, 3.63) is 54.6 Å². The highest BCUT2D eigenvalue weighted by molar-refractivity contribution is 7.91. The van der Waals surface area contributed by atoms with E-state index in [0.29, 0.717) is 19.0 Å². The number of rotatable bonds is 5. The van der Waals surface area contributed by atoms with Gasteiger partial charge in [0, 0.05) is 0 Å². The highest BCUT2D eigenvalue weighted by Crippen LogP contribution is 2.32. The molecule has 110 valence electrons. The number of para-hydroxylation sites is 1. The van der Waals surface area contributed by atoms with Gasteiger partial charge in [-0.1, -0.05) is 30.3 Å². The smallest absolute Gasteiger partial charge is 0.210 e. The molecule has 5 heteroatoms. The normalized spacial score (nSPS) is 21.0. The fourth-order valence-corrected chi connectivity index (χ4v) is 3.37. The second-order valence-electron chi connectivity index (χ2n) is 5.29. The van der Waals surface area contributed by atoms with Gasteiger partial charge in [0.25, 0.3) is 0 Å². The van der Waals surface area contributed by atoms with Crippen LogP contribution in [0, 0.1) is 0 Å². The van der Waals surface area contributed by atoms with Crippen LogP contribution >= 0.6 is 0 Å². The SMILES string of the molecule is CC1(COc2ccccc2S(=O)(=O)c2ccccc2)CO1. The lowest BCUT2D eigenvalue weighted by molar-refractivity contribution is 0.199. The molecule has 0 saturated carbocycles. The summed E-state index contributed by atoms with van der Waals surface area (Å²) in [5.74, 6) is 0.359. The van der Waals surface area contributed by atoms with Crippen LogP contribution in [0.3, 0.4) is 0 Å². The molecule has 1 aliphatic rings. The summed E-state index contributed by atoms with van der Waals surface area (Å²) in [5, 5.41) is 0. The van der Waals surface area contributed by atoms with Crippen molar-refractivity contribution in [2.24, 2.45) is 0 Å². The monoisotopic (exact) mass is 304 g/mol. The van der Waals surface area contributed by atoms with Gasteiger partial charge in [-0.05, 0) is 31.2 Å². The minimum atomic E-state index is -3.58. The summed E-state index contributed by atoms with van der Waals surface area (Å²) < 4.78 is 36.3. The van der Waals surface area contributed by atoms with Gasteiger partial charge in [0.1, 0.15) is 22.9 Å². The quantitative estimate of drug-likeness (QED) is 0.797. The average molecular weight is 304 g/mol. The van der Waals surface area contributed by atoms with Crippen LogP contribution in [-0.4, -0.2) is 27.2 Å². The number of hydrogen-bond acceptors (Lipinski definition) is 4. The molecule has 0 N–H and O–H groups in total. The molecule has 1 fully saturated rings. The third-order valence-electron chi connectivity index (χ3n) is 3.36. The molecular weight excluding hydrogens is 288 g/mol. The third kappa shape index (κ3) is 2.94. The molecule has 21 heavy (non-hydrogen) atoms. The molecule has 1 aliphatic heterocycles. The van der Waals surface area contributed by atoms with Gasteiger partial charge in [0.15, 0.2) is 0 Å². The Morgan fingerprint density at radius 2 is 1.71 bits per heavy atom. The van der Waals surface area contributed by atoms with Crippen LogP contribution in [0.4, 0.5) is 0 Å². The molecule has 2 aromatic rings. The second kappa shape index (κ2) is 5.16. The number of sulfone groups is 1. The standard InChI is InChI=1S/C16H16O4S/c1-16(12-20-16)11-19-14-9-5-6-10-15(14)21(17,18)13-7-3-2-4-8-13/h2-10H,11-12H2,1H3. The van der Waals surface area contributed by atoms with Gasteiger partial charge in [-0.3, -0.25) is 0 Å². The first kappa shape index (κ1) is 14.1. The van der Waals surface area contributed by atoms with Crippen LogP contribution in [-0.2, 0) is 14.6 Å². The summed E-state index contributed by atoms with van der Waals surface area (Å²) >= 11 is 0. The predicted molar refractivity (Wildman–Crippen MR) is 78.2 cm³/mol. The summed E-state index contributed by atoms with van der Waals surface area (Å²) in [5.41, 5.74) is -0.288. The Morgan fingerprint density at radius 1 is 1.10 bits per heavy atom.